The van der Waals surface area contributed by atoms with Crippen molar-refractivity contribution in [1.82, 2.24) is 20.3 Å². The minimum atomic E-state index is 0.620. The molecule has 1 aromatic rings. The topological polar surface area (TPSA) is 61.2 Å². The van der Waals surface area contributed by atoms with E-state index in [0.717, 1.165) is 18.8 Å². The molecule has 0 saturated carbocycles. The molecule has 0 aliphatic rings. The van der Waals surface area contributed by atoms with Crippen LogP contribution in [-0.4, -0.2) is 49.0 Å². The van der Waals surface area contributed by atoms with E-state index >= 15 is 0 Å². The van der Waals surface area contributed by atoms with Crippen LogP contribution in [0.15, 0.2) is 6.20 Å². The van der Waals surface area contributed by atoms with Gasteiger partial charge in [-0.1, -0.05) is 5.21 Å². The highest BCUT2D eigenvalue weighted by Crippen LogP contribution is 1.92. The van der Waals surface area contributed by atoms with Crippen LogP contribution in [0.1, 0.15) is 5.69 Å². The molecule has 0 aromatic carbocycles. The van der Waals surface area contributed by atoms with E-state index in [2.05, 4.69) is 15.6 Å². The summed E-state index contributed by atoms with van der Waals surface area (Å²) >= 11 is 0. The Hall–Kier alpha value is -0.980. The molecule has 0 spiro atoms. The van der Waals surface area contributed by atoms with Gasteiger partial charge in [0.2, 0.25) is 0 Å². The first kappa shape index (κ1) is 12.1. The van der Waals surface area contributed by atoms with Crippen molar-refractivity contribution in [3.8, 4) is 0 Å². The SMILES string of the molecule is CNCc1cn(CCOCCOC)nn1. The van der Waals surface area contributed by atoms with Crippen molar-refractivity contribution >= 4 is 0 Å². The van der Waals surface area contributed by atoms with Crippen LogP contribution in [0.3, 0.4) is 0 Å². The molecule has 1 rings (SSSR count). The van der Waals surface area contributed by atoms with Crippen molar-refractivity contribution < 1.29 is 9.47 Å². The molecular weight excluding hydrogens is 196 g/mol. The van der Waals surface area contributed by atoms with Gasteiger partial charge in [-0.15, -0.1) is 5.10 Å². The Balaban J connectivity index is 2.14. The molecule has 86 valence electrons. The van der Waals surface area contributed by atoms with E-state index in [4.69, 9.17) is 9.47 Å². The number of aromatic nitrogens is 3. The van der Waals surface area contributed by atoms with Crippen LogP contribution in [-0.2, 0) is 22.6 Å². The first-order chi connectivity index (χ1) is 7.36. The van der Waals surface area contributed by atoms with Crippen LogP contribution < -0.4 is 5.32 Å². The molecule has 0 unspecified atom stereocenters. The molecule has 0 fully saturated rings. The Labute approximate surface area is 89.6 Å². The Morgan fingerprint density at radius 1 is 1.40 bits per heavy atom. The first-order valence-corrected chi connectivity index (χ1v) is 4.97. The molecule has 0 bridgehead atoms. The van der Waals surface area contributed by atoms with Crippen molar-refractivity contribution in [2.45, 2.75) is 13.1 Å². The summed E-state index contributed by atoms with van der Waals surface area (Å²) < 4.78 is 12.0. The molecule has 0 aliphatic heterocycles. The molecular formula is C9H18N4O2. The largest absolute Gasteiger partial charge is 0.382 e. The second kappa shape index (κ2) is 7.33. The van der Waals surface area contributed by atoms with E-state index in [9.17, 15) is 0 Å². The lowest BCUT2D eigenvalue weighted by molar-refractivity contribution is 0.0652. The van der Waals surface area contributed by atoms with Crippen molar-refractivity contribution in [2.75, 3.05) is 34.0 Å². The number of methoxy groups -OCH3 is 1. The maximum Gasteiger partial charge on any atom is 0.0964 e. The normalized spacial score (nSPS) is 10.8. The van der Waals surface area contributed by atoms with Gasteiger partial charge in [0.15, 0.2) is 0 Å². The van der Waals surface area contributed by atoms with Crippen molar-refractivity contribution in [3.05, 3.63) is 11.9 Å². The van der Waals surface area contributed by atoms with Crippen LogP contribution in [0.4, 0.5) is 0 Å². The van der Waals surface area contributed by atoms with Crippen molar-refractivity contribution in [1.29, 1.82) is 0 Å². The van der Waals surface area contributed by atoms with Gasteiger partial charge in [-0.25, -0.2) is 4.68 Å². The molecule has 0 radical (unpaired) electrons. The molecule has 1 heterocycles. The highest BCUT2D eigenvalue weighted by molar-refractivity contribution is 4.90. The Morgan fingerprint density at radius 3 is 3.00 bits per heavy atom. The summed E-state index contributed by atoms with van der Waals surface area (Å²) in [5, 5.41) is 11.0. The lowest BCUT2D eigenvalue weighted by atomic mass is 10.5. The standard InChI is InChI=1S/C9H18N4O2/c1-10-7-9-8-13(12-11-9)3-4-15-6-5-14-2/h8,10H,3-7H2,1-2H3. The number of nitrogens with zero attached hydrogens (tertiary/aromatic N) is 3. The van der Waals surface area contributed by atoms with E-state index in [1.165, 1.54) is 0 Å². The lowest BCUT2D eigenvalue weighted by Gasteiger charge is -2.02. The number of rotatable bonds is 8. The summed E-state index contributed by atoms with van der Waals surface area (Å²) in [6.07, 6.45) is 1.91. The van der Waals surface area contributed by atoms with Gasteiger partial charge in [0.05, 0.1) is 32.1 Å². The summed E-state index contributed by atoms with van der Waals surface area (Å²) in [5.74, 6) is 0. The Morgan fingerprint density at radius 2 is 2.27 bits per heavy atom. The fraction of sp³-hybridized carbons (Fsp3) is 0.778. The van der Waals surface area contributed by atoms with Crippen LogP contribution in [0.5, 0.6) is 0 Å². The summed E-state index contributed by atoms with van der Waals surface area (Å²) in [4.78, 5) is 0. The third-order valence-corrected chi connectivity index (χ3v) is 1.84. The molecule has 1 N–H and O–H groups in total. The quantitative estimate of drug-likeness (QED) is 0.600. The Bertz CT molecular complexity index is 264. The summed E-state index contributed by atoms with van der Waals surface area (Å²) in [5.41, 5.74) is 0.939. The minimum Gasteiger partial charge on any atom is -0.382 e. The third kappa shape index (κ3) is 4.87. The monoisotopic (exact) mass is 214 g/mol. The minimum absolute atomic E-state index is 0.620. The van der Waals surface area contributed by atoms with Crippen LogP contribution in [0.2, 0.25) is 0 Å². The second-order valence-corrected chi connectivity index (χ2v) is 3.11. The molecule has 6 heteroatoms. The molecule has 0 aliphatic carbocycles. The molecule has 6 nitrogen and oxygen atoms in total. The molecule has 0 atom stereocenters. The van der Waals surface area contributed by atoms with Gasteiger partial charge < -0.3 is 14.8 Å². The van der Waals surface area contributed by atoms with Gasteiger partial charge >= 0.3 is 0 Å². The number of nitrogens with one attached hydrogen (secondary N) is 1. The summed E-state index contributed by atoms with van der Waals surface area (Å²) in [6, 6.07) is 0. The zero-order valence-corrected chi connectivity index (χ0v) is 9.27. The van der Waals surface area contributed by atoms with E-state index in [-0.39, 0.29) is 0 Å². The zero-order valence-electron chi connectivity index (χ0n) is 9.27. The van der Waals surface area contributed by atoms with E-state index in [1.807, 2.05) is 13.2 Å². The third-order valence-electron chi connectivity index (χ3n) is 1.84. The van der Waals surface area contributed by atoms with Gasteiger partial charge in [0, 0.05) is 19.9 Å². The van der Waals surface area contributed by atoms with Gasteiger partial charge in [0.1, 0.15) is 0 Å². The van der Waals surface area contributed by atoms with Crippen molar-refractivity contribution in [2.24, 2.45) is 0 Å². The maximum absolute atomic E-state index is 5.32. The molecule has 1 aromatic heterocycles. The predicted octanol–water partition coefficient (Wildman–Crippen LogP) is -0.339. The second-order valence-electron chi connectivity index (χ2n) is 3.11. The molecule has 15 heavy (non-hydrogen) atoms. The van der Waals surface area contributed by atoms with E-state index in [1.54, 1.807) is 11.8 Å². The Kier molecular flexibility index (Phi) is 5.91. The van der Waals surface area contributed by atoms with Gasteiger partial charge in [-0.3, -0.25) is 0 Å². The van der Waals surface area contributed by atoms with E-state index in [0.29, 0.717) is 19.8 Å². The van der Waals surface area contributed by atoms with Crippen LogP contribution in [0.25, 0.3) is 0 Å². The number of hydrogen-bond donors (Lipinski definition) is 1. The first-order valence-electron chi connectivity index (χ1n) is 4.97. The van der Waals surface area contributed by atoms with Gasteiger partial charge in [-0.05, 0) is 7.05 Å². The zero-order chi connectivity index (χ0) is 10.9. The summed E-state index contributed by atoms with van der Waals surface area (Å²) in [7, 11) is 3.54. The van der Waals surface area contributed by atoms with E-state index < -0.39 is 0 Å². The smallest absolute Gasteiger partial charge is 0.0964 e. The molecule has 0 saturated heterocycles. The highest BCUT2D eigenvalue weighted by Gasteiger charge is 1.98. The number of ether oxygens (including phenoxy) is 2. The average Bonchev–Trinajstić information content (AvgIpc) is 2.66. The summed E-state index contributed by atoms with van der Waals surface area (Å²) in [6.45, 7) is 3.34. The van der Waals surface area contributed by atoms with Gasteiger partial charge in [0.25, 0.3) is 0 Å². The maximum atomic E-state index is 5.32. The highest BCUT2D eigenvalue weighted by atomic mass is 16.5. The molecule has 0 amide bonds. The average molecular weight is 214 g/mol. The lowest BCUT2D eigenvalue weighted by Crippen LogP contribution is -2.09. The van der Waals surface area contributed by atoms with Gasteiger partial charge in [-0.2, -0.15) is 0 Å². The van der Waals surface area contributed by atoms with Crippen LogP contribution >= 0.6 is 0 Å². The van der Waals surface area contributed by atoms with Crippen molar-refractivity contribution in [3.63, 3.8) is 0 Å². The predicted molar refractivity (Wildman–Crippen MR) is 55.5 cm³/mol. The van der Waals surface area contributed by atoms with Crippen LogP contribution in [0, 0.1) is 0 Å². The fourth-order valence-corrected chi connectivity index (χ4v) is 1.11. The fourth-order valence-electron chi connectivity index (χ4n) is 1.11. The number of hydrogen-bond acceptors (Lipinski definition) is 5.